The van der Waals surface area contributed by atoms with E-state index >= 15 is 0 Å². The summed E-state index contributed by atoms with van der Waals surface area (Å²) in [5.41, 5.74) is 2.27. The summed E-state index contributed by atoms with van der Waals surface area (Å²) in [5.74, 6) is -1.68. The van der Waals surface area contributed by atoms with Crippen molar-refractivity contribution in [1.82, 2.24) is 9.97 Å². The molecule has 4 aromatic carbocycles. The highest BCUT2D eigenvalue weighted by molar-refractivity contribution is 6.10. The number of H-pyrrole nitrogens is 1. The molecule has 6 heteroatoms. The van der Waals surface area contributed by atoms with Gasteiger partial charge < -0.3 is 15.2 Å². The van der Waals surface area contributed by atoms with Gasteiger partial charge in [0.15, 0.2) is 0 Å². The van der Waals surface area contributed by atoms with E-state index in [1.165, 1.54) is 36.4 Å². The third-order valence-electron chi connectivity index (χ3n) is 6.25. The molecule has 0 unspecified atom stereocenters. The van der Waals surface area contributed by atoms with Crippen LogP contribution in [0, 0.1) is 6.85 Å². The number of anilines is 2. The molecule has 6 rings (SSSR count). The van der Waals surface area contributed by atoms with E-state index in [2.05, 4.69) is 15.3 Å². The Bertz CT molecular complexity index is 1920. The van der Waals surface area contributed by atoms with Gasteiger partial charge in [-0.15, -0.1) is 0 Å². The Hall–Kier alpha value is -4.97. The average Bonchev–Trinajstić information content (AvgIpc) is 3.47. The smallest absolute Gasteiger partial charge is 0.258 e. The van der Waals surface area contributed by atoms with Gasteiger partial charge in [0.2, 0.25) is 0 Å². The predicted octanol–water partition coefficient (Wildman–Crippen LogP) is 6.51. The maximum absolute atomic E-state index is 14.0. The first-order chi connectivity index (χ1) is 21.3. The van der Waals surface area contributed by atoms with Crippen LogP contribution in [0.25, 0.3) is 22.4 Å². The number of carbonyl (C=O) groups is 2. The molecule has 38 heavy (non-hydrogen) atoms. The summed E-state index contributed by atoms with van der Waals surface area (Å²) in [7, 11) is 0. The summed E-state index contributed by atoms with van der Waals surface area (Å²) in [4.78, 5) is 34.6. The number of fused-ring (bicyclic) bond motifs is 3. The van der Waals surface area contributed by atoms with Crippen LogP contribution in [0.4, 0.5) is 11.4 Å². The van der Waals surface area contributed by atoms with Crippen molar-refractivity contribution in [2.24, 2.45) is 0 Å². The number of aromatic nitrogens is 2. The molecule has 1 aliphatic rings. The number of hydrogen-bond donors (Lipinski definition) is 2. The molecule has 6 nitrogen and oxygen atoms in total. The third kappa shape index (κ3) is 4.37. The Balaban J connectivity index is 1.33. The van der Waals surface area contributed by atoms with Crippen LogP contribution in [0.15, 0.2) is 103 Å². The van der Waals surface area contributed by atoms with E-state index in [4.69, 9.17) is 9.60 Å². The van der Waals surface area contributed by atoms with Crippen LogP contribution in [-0.2, 0) is 6.37 Å². The van der Waals surface area contributed by atoms with Gasteiger partial charge in [0.25, 0.3) is 11.8 Å². The van der Waals surface area contributed by atoms with Gasteiger partial charge in [-0.25, -0.2) is 4.98 Å². The Kier molecular flexibility index (Phi) is 4.32. The summed E-state index contributed by atoms with van der Waals surface area (Å²) < 4.78 is 58.6. The summed E-state index contributed by atoms with van der Waals surface area (Å²) in [6, 6.07) is 28.7. The van der Waals surface area contributed by atoms with Crippen LogP contribution in [-0.4, -0.2) is 28.3 Å². The van der Waals surface area contributed by atoms with E-state index in [1.807, 2.05) is 42.5 Å². The first-order valence-corrected chi connectivity index (χ1v) is 11.9. The molecule has 0 saturated carbocycles. The van der Waals surface area contributed by atoms with Gasteiger partial charge in [-0.3, -0.25) is 9.59 Å². The van der Waals surface area contributed by atoms with Crippen LogP contribution >= 0.6 is 0 Å². The van der Waals surface area contributed by atoms with Crippen LogP contribution in [0.3, 0.4) is 0 Å². The van der Waals surface area contributed by atoms with E-state index in [-0.39, 0.29) is 34.1 Å². The molecule has 0 radical (unpaired) electrons. The van der Waals surface area contributed by atoms with E-state index < -0.39 is 31.5 Å². The summed E-state index contributed by atoms with van der Waals surface area (Å²) >= 11 is 0. The SMILES string of the molecule is [2H]C([2H])([2H])c1nc2c([nH]1)C([2H])([2H])C([2H])([2H])N(C(=O)c1ccc(NC(=O)c3ccccc3-c3ccccc3)cc1)c1ccccc1-2. The molecule has 0 spiro atoms. The average molecular weight is 506 g/mol. The standard InChI is InChI=1S/C32H26N4O2/c1-21-33-28-19-20-36(29-14-8-7-13-27(29)30(28)34-21)32(38)23-15-17-24(18-16-23)35-31(37)26-12-6-5-11-25(26)22-9-3-2-4-10-22/h2-18H,19-20H2,1H3,(H,33,34)(H,35,37)/i1D3,19D2,20D2. The highest BCUT2D eigenvalue weighted by atomic mass is 16.2. The number of aryl methyl sites for hydroxylation is 2. The molecule has 0 aliphatic carbocycles. The van der Waals surface area contributed by atoms with Crippen molar-refractivity contribution in [2.45, 2.75) is 13.2 Å². The Morgan fingerprint density at radius 3 is 2.39 bits per heavy atom. The van der Waals surface area contributed by atoms with Gasteiger partial charge in [-0.2, -0.15) is 0 Å². The molecule has 0 fully saturated rings. The van der Waals surface area contributed by atoms with Gasteiger partial charge in [0, 0.05) is 47.8 Å². The number of aromatic amines is 1. The van der Waals surface area contributed by atoms with Crippen LogP contribution in [0.1, 0.15) is 41.8 Å². The van der Waals surface area contributed by atoms with Gasteiger partial charge in [-0.05, 0) is 54.4 Å². The largest absolute Gasteiger partial charge is 0.346 e. The van der Waals surface area contributed by atoms with Crippen molar-refractivity contribution in [1.29, 1.82) is 0 Å². The van der Waals surface area contributed by atoms with Gasteiger partial charge in [0.05, 0.1) is 14.1 Å². The van der Waals surface area contributed by atoms with Gasteiger partial charge >= 0.3 is 0 Å². The fourth-order valence-electron chi connectivity index (χ4n) is 4.43. The van der Waals surface area contributed by atoms with E-state index in [0.717, 1.165) is 16.0 Å². The lowest BCUT2D eigenvalue weighted by Gasteiger charge is -2.23. The first kappa shape index (κ1) is 16.7. The lowest BCUT2D eigenvalue weighted by Crippen LogP contribution is -2.32. The van der Waals surface area contributed by atoms with Gasteiger partial charge in [-0.1, -0.05) is 66.7 Å². The Labute approximate surface area is 230 Å². The molecule has 186 valence electrons. The molecular weight excluding hydrogens is 472 g/mol. The minimum absolute atomic E-state index is 0.0219. The molecule has 1 aromatic heterocycles. The monoisotopic (exact) mass is 505 g/mol. The fraction of sp³-hybridized carbons (Fsp3) is 0.0938. The maximum atomic E-state index is 14.0. The number of hydrogen-bond acceptors (Lipinski definition) is 3. The molecule has 2 heterocycles. The highest BCUT2D eigenvalue weighted by Crippen LogP contribution is 2.36. The number of imidazole rings is 1. The van der Waals surface area contributed by atoms with E-state index in [0.29, 0.717) is 11.3 Å². The molecule has 0 atom stereocenters. The summed E-state index contributed by atoms with van der Waals surface area (Å²) in [6.07, 6.45) is -2.90. The second kappa shape index (κ2) is 9.82. The zero-order valence-electron chi connectivity index (χ0n) is 27.0. The van der Waals surface area contributed by atoms with Crippen molar-refractivity contribution in [3.63, 3.8) is 0 Å². The number of carbonyl (C=O) groups excluding carboxylic acids is 2. The highest BCUT2D eigenvalue weighted by Gasteiger charge is 2.26. The number of rotatable bonds is 4. The van der Waals surface area contributed by atoms with Crippen molar-refractivity contribution in [3.8, 4) is 22.4 Å². The van der Waals surface area contributed by atoms with Crippen molar-refractivity contribution in [3.05, 3.63) is 126 Å². The predicted molar refractivity (Wildman–Crippen MR) is 150 cm³/mol. The number of nitrogens with one attached hydrogen (secondary N) is 2. The topological polar surface area (TPSA) is 78.1 Å². The van der Waals surface area contributed by atoms with Crippen LogP contribution in [0.2, 0.25) is 0 Å². The Morgan fingerprint density at radius 1 is 0.895 bits per heavy atom. The molecule has 2 N–H and O–H groups in total. The normalized spacial score (nSPS) is 18.0. The second-order valence-corrected chi connectivity index (χ2v) is 8.65. The molecular formula is C32H26N4O2. The molecule has 1 aliphatic heterocycles. The Morgan fingerprint density at radius 2 is 1.61 bits per heavy atom. The molecule has 5 aromatic rings. The number of para-hydroxylation sites is 1. The van der Waals surface area contributed by atoms with E-state index in [1.54, 1.807) is 24.3 Å². The van der Waals surface area contributed by atoms with Gasteiger partial charge in [0.1, 0.15) is 5.82 Å². The first-order valence-electron chi connectivity index (χ1n) is 15.4. The third-order valence-corrected chi connectivity index (χ3v) is 6.25. The van der Waals surface area contributed by atoms with Crippen molar-refractivity contribution >= 4 is 23.2 Å². The number of benzene rings is 4. The molecule has 2 amide bonds. The van der Waals surface area contributed by atoms with Crippen LogP contribution < -0.4 is 10.2 Å². The number of amides is 2. The number of nitrogens with zero attached hydrogens (tertiary/aromatic N) is 2. The van der Waals surface area contributed by atoms with Crippen molar-refractivity contribution in [2.75, 3.05) is 16.7 Å². The second-order valence-electron chi connectivity index (χ2n) is 8.65. The van der Waals surface area contributed by atoms with Crippen molar-refractivity contribution < 1.29 is 19.2 Å². The lowest BCUT2D eigenvalue weighted by atomic mass is 9.99. The van der Waals surface area contributed by atoms with E-state index in [9.17, 15) is 9.59 Å². The zero-order valence-corrected chi connectivity index (χ0v) is 20.0. The minimum atomic E-state index is -2.99. The summed E-state index contributed by atoms with van der Waals surface area (Å²) in [6.45, 7) is -5.68. The molecule has 0 saturated heterocycles. The minimum Gasteiger partial charge on any atom is -0.346 e. The zero-order chi connectivity index (χ0) is 32.1. The van der Waals surface area contributed by atoms with Crippen LogP contribution in [0.5, 0.6) is 0 Å². The summed E-state index contributed by atoms with van der Waals surface area (Å²) in [5, 5.41) is 2.84. The maximum Gasteiger partial charge on any atom is 0.258 e. The lowest BCUT2D eigenvalue weighted by molar-refractivity contribution is 0.0986. The molecule has 0 bridgehead atoms. The quantitative estimate of drug-likeness (QED) is 0.292. The fourth-order valence-corrected chi connectivity index (χ4v) is 4.43.